The topological polar surface area (TPSA) is 153 Å². The highest BCUT2D eigenvalue weighted by Crippen LogP contribution is 2.54. The van der Waals surface area contributed by atoms with Gasteiger partial charge in [0.25, 0.3) is 0 Å². The van der Waals surface area contributed by atoms with Crippen molar-refractivity contribution < 1.29 is 71.8 Å². The number of terminal acetylenes is 1. The van der Waals surface area contributed by atoms with Gasteiger partial charge in [0.1, 0.15) is 17.3 Å². The quantitative estimate of drug-likeness (QED) is 0.0214. The number of anilines is 1. The molecule has 0 aliphatic carbocycles. The minimum Gasteiger partial charge on any atom is -0.465 e. The van der Waals surface area contributed by atoms with E-state index in [-0.39, 0.29) is 42.1 Å². The number of carbonyl (C=O) groups is 1. The second-order valence-electron chi connectivity index (χ2n) is 12.6. The van der Waals surface area contributed by atoms with Gasteiger partial charge in [-0.25, -0.2) is 9.55 Å². The molecule has 1 unspecified atom stereocenters. The summed E-state index contributed by atoms with van der Waals surface area (Å²) in [6, 6.07) is 13.8. The van der Waals surface area contributed by atoms with E-state index < -0.39 is 87.9 Å². The monoisotopic (exact) mass is 856 g/mol. The number of nitrogens with two attached hydrogens (primary N) is 1. The van der Waals surface area contributed by atoms with Crippen molar-refractivity contribution in [3.05, 3.63) is 78.6 Å². The van der Waals surface area contributed by atoms with E-state index in [1.165, 1.54) is 42.3 Å². The highest BCUT2D eigenvalue weighted by atomic mass is 31.2. The van der Waals surface area contributed by atoms with Crippen molar-refractivity contribution in [3.63, 3.8) is 0 Å². The van der Waals surface area contributed by atoms with Crippen molar-refractivity contribution >= 4 is 30.7 Å². The molecular weight excluding hydrogens is 821 g/mol. The van der Waals surface area contributed by atoms with E-state index in [2.05, 4.69) is 26.0 Å². The molecule has 0 spiro atoms. The maximum absolute atomic E-state index is 14.5. The van der Waals surface area contributed by atoms with Crippen molar-refractivity contribution in [2.75, 3.05) is 26.1 Å². The summed E-state index contributed by atoms with van der Waals surface area (Å²) in [4.78, 5) is 24.6. The van der Waals surface area contributed by atoms with E-state index in [9.17, 15) is 53.3 Å². The van der Waals surface area contributed by atoms with Gasteiger partial charge in [0.15, 0.2) is 17.1 Å². The second-order valence-corrected chi connectivity index (χ2v) is 14.3. The zero-order valence-corrected chi connectivity index (χ0v) is 31.1. The number of aryl methyl sites for hydroxylation is 1. The molecule has 3 atom stereocenters. The molecule has 0 fully saturated rings. The Hall–Kier alpha value is -4.97. The predicted molar refractivity (Wildman–Crippen MR) is 186 cm³/mol. The van der Waals surface area contributed by atoms with Gasteiger partial charge in [-0.05, 0) is 37.0 Å². The highest BCUT2D eigenvalue weighted by Gasteiger charge is 2.81. The molecule has 4 rings (SSSR count). The number of hydrogen-bond donors (Lipinski definition) is 2. The Morgan fingerprint density at radius 3 is 2.19 bits per heavy atom. The number of ether oxygens (including phenoxy) is 2. The first-order valence-electron chi connectivity index (χ1n) is 16.9. The zero-order valence-electron chi connectivity index (χ0n) is 30.2. The number of nitrogens with one attached hydrogen (secondary N) is 1. The summed E-state index contributed by atoms with van der Waals surface area (Å²) < 4.78 is 171. The molecule has 0 radical (unpaired) electrons. The molecule has 23 heteroatoms. The predicted octanol–water partition coefficient (Wildman–Crippen LogP) is 7.54. The van der Waals surface area contributed by atoms with Crippen LogP contribution in [0.3, 0.4) is 0 Å². The smallest absolute Gasteiger partial charge is 0.460 e. The van der Waals surface area contributed by atoms with Crippen LogP contribution in [-0.2, 0) is 36.3 Å². The van der Waals surface area contributed by atoms with Crippen LogP contribution in [0.15, 0.2) is 67.0 Å². The summed E-state index contributed by atoms with van der Waals surface area (Å²) in [5, 5.41) is 2.49. The number of para-hydroxylation sites is 1. The number of unbranched alkanes of at least 4 members (excludes halogenated alkanes) is 1. The lowest BCUT2D eigenvalue weighted by Crippen LogP contribution is -2.60. The number of carbonyl (C=O) groups excluding carboxylic acids is 1. The van der Waals surface area contributed by atoms with E-state index in [1.54, 1.807) is 36.4 Å². The van der Waals surface area contributed by atoms with Crippen LogP contribution < -0.4 is 15.3 Å². The Bertz CT molecular complexity index is 2090. The third-order valence-electron chi connectivity index (χ3n) is 8.53. The summed E-state index contributed by atoms with van der Waals surface area (Å²) in [5.41, 5.74) is 4.65. The Morgan fingerprint density at radius 2 is 1.59 bits per heavy atom. The first-order chi connectivity index (χ1) is 27.1. The lowest BCUT2D eigenvalue weighted by Gasteiger charge is -2.33. The fourth-order valence-electron chi connectivity index (χ4n) is 5.22. The molecule has 2 aromatic carbocycles. The van der Waals surface area contributed by atoms with Crippen molar-refractivity contribution in [1.29, 1.82) is 0 Å². The number of benzene rings is 2. The Morgan fingerprint density at radius 1 is 0.948 bits per heavy atom. The Labute approximate surface area is 324 Å². The maximum atomic E-state index is 14.5. The minimum atomic E-state index is -7.03. The number of aromatic nitrogens is 4. The summed E-state index contributed by atoms with van der Waals surface area (Å²) in [6.45, 7) is -1.50. The molecule has 0 aliphatic rings. The summed E-state index contributed by atoms with van der Waals surface area (Å²) in [7, 11) is -3.52. The standard InChI is InChI=1S/C35H35F10N6O6P/c1-3-31(54-2,17-18-51-22-47-26-27(46)48-30(36)49-28(26)51)21-56-58(53,57-24-14-8-5-9-15-24)50-25(20-23-12-6-4-7-13-23)29(52)55-19-11-10-16-32(37,38)33(39,40)34(41,42)35(43,44)45/h1,4-9,12-15,22,25H,10-11,16-21H2,2H3,(H,50,53)(H2,46,48,49)/t25-,31-,58?/m0/s1. The molecule has 4 aromatic rings. The van der Waals surface area contributed by atoms with Gasteiger partial charge in [-0.15, -0.1) is 6.42 Å². The number of alkyl halides is 9. The maximum Gasteiger partial charge on any atom is 0.460 e. The molecule has 58 heavy (non-hydrogen) atoms. The van der Waals surface area contributed by atoms with Gasteiger partial charge in [0.05, 0.1) is 19.5 Å². The lowest BCUT2D eigenvalue weighted by molar-refractivity contribution is -0.396. The number of imidazole rings is 1. The molecule has 0 bridgehead atoms. The molecule has 12 nitrogen and oxygen atoms in total. The molecule has 0 saturated heterocycles. The van der Waals surface area contributed by atoms with Crippen LogP contribution in [0.2, 0.25) is 0 Å². The number of rotatable bonds is 21. The van der Waals surface area contributed by atoms with E-state index in [4.69, 9.17) is 30.7 Å². The summed E-state index contributed by atoms with van der Waals surface area (Å²) >= 11 is 0. The van der Waals surface area contributed by atoms with Crippen LogP contribution in [0.5, 0.6) is 5.75 Å². The second kappa shape index (κ2) is 18.3. The molecule has 0 amide bonds. The molecule has 2 heterocycles. The molecule has 0 aliphatic heterocycles. The van der Waals surface area contributed by atoms with E-state index in [0.717, 1.165) is 0 Å². The lowest BCUT2D eigenvalue weighted by atomic mass is 9.99. The van der Waals surface area contributed by atoms with Crippen molar-refractivity contribution in [3.8, 4) is 18.1 Å². The Kier molecular flexibility index (Phi) is 14.4. The van der Waals surface area contributed by atoms with Crippen molar-refractivity contribution in [2.24, 2.45) is 0 Å². The molecular formula is C35H35F10N6O6P. The fraction of sp³-hybridized carbons (Fsp3) is 0.429. The van der Waals surface area contributed by atoms with E-state index in [0.29, 0.717) is 5.56 Å². The molecule has 3 N–H and O–H groups in total. The number of halogens is 10. The number of nitrogens with zero attached hydrogens (tertiary/aromatic N) is 4. The van der Waals surface area contributed by atoms with E-state index >= 15 is 0 Å². The largest absolute Gasteiger partial charge is 0.465 e. The number of methoxy groups -OCH3 is 1. The van der Waals surface area contributed by atoms with Crippen molar-refractivity contribution in [2.45, 2.75) is 74.2 Å². The highest BCUT2D eigenvalue weighted by molar-refractivity contribution is 7.52. The van der Waals surface area contributed by atoms with Crippen LogP contribution in [0.1, 0.15) is 31.2 Å². The summed E-state index contributed by atoms with van der Waals surface area (Å²) in [6.07, 6.45) is -5.19. The first kappa shape index (κ1) is 45.7. The van der Waals surface area contributed by atoms with Crippen LogP contribution in [0, 0.1) is 18.4 Å². The fourth-order valence-corrected chi connectivity index (χ4v) is 6.75. The molecule has 2 aromatic heterocycles. The van der Waals surface area contributed by atoms with Gasteiger partial charge in [0, 0.05) is 26.5 Å². The third-order valence-corrected chi connectivity index (χ3v) is 10.1. The average molecular weight is 857 g/mol. The SMILES string of the molecule is C#C[C@](CCn1cnc2c(N)nc(F)nc21)(COP(=O)(N[C@@H](Cc1ccccc1)C(=O)OCCCCC(F)(F)C(F)(F)C(F)(F)C(F)(F)F)Oc1ccccc1)OC. The van der Waals surface area contributed by atoms with Gasteiger partial charge < -0.3 is 24.3 Å². The van der Waals surface area contributed by atoms with Crippen LogP contribution in [-0.4, -0.2) is 81.4 Å². The average Bonchev–Trinajstić information content (AvgIpc) is 3.58. The number of hydrogen-bond acceptors (Lipinski definition) is 10. The van der Waals surface area contributed by atoms with E-state index in [1.807, 2.05) is 0 Å². The zero-order chi connectivity index (χ0) is 43.0. The molecule has 316 valence electrons. The van der Waals surface area contributed by atoms with Crippen LogP contribution in [0.4, 0.5) is 49.7 Å². The summed E-state index contributed by atoms with van der Waals surface area (Å²) in [5.74, 6) is -18.6. The Balaban J connectivity index is 1.51. The number of esters is 1. The van der Waals surface area contributed by atoms with Gasteiger partial charge in [0.2, 0.25) is 0 Å². The van der Waals surface area contributed by atoms with Gasteiger partial charge >= 0.3 is 43.7 Å². The van der Waals surface area contributed by atoms with Gasteiger partial charge in [-0.2, -0.15) is 59.0 Å². The van der Waals surface area contributed by atoms with Crippen LogP contribution >= 0.6 is 7.75 Å². The van der Waals surface area contributed by atoms with Gasteiger partial charge in [-0.1, -0.05) is 54.5 Å². The first-order valence-corrected chi connectivity index (χ1v) is 18.5. The number of nitrogen functional groups attached to an aromatic ring is 1. The minimum absolute atomic E-state index is 0.0214. The van der Waals surface area contributed by atoms with Crippen molar-refractivity contribution in [1.82, 2.24) is 24.6 Å². The normalized spacial score (nSPS) is 15.3. The van der Waals surface area contributed by atoms with Gasteiger partial charge in [-0.3, -0.25) is 9.32 Å². The molecule has 0 saturated carbocycles. The van der Waals surface area contributed by atoms with Crippen LogP contribution in [0.25, 0.3) is 11.2 Å². The third kappa shape index (κ3) is 10.7. The number of fused-ring (bicyclic) bond motifs is 1.